The third-order valence-electron chi connectivity index (χ3n) is 5.33. The Kier molecular flexibility index (Phi) is 5.35. The summed E-state index contributed by atoms with van der Waals surface area (Å²) in [6.07, 6.45) is 8.62. The van der Waals surface area contributed by atoms with Gasteiger partial charge in [0.25, 0.3) is 0 Å². The second-order valence-corrected chi connectivity index (χ2v) is 7.46. The summed E-state index contributed by atoms with van der Waals surface area (Å²) in [6, 6.07) is 0.324. The van der Waals surface area contributed by atoms with Crippen molar-refractivity contribution in [3.05, 3.63) is 53.3 Å². The molecule has 2 saturated carbocycles. The molecule has 1 aromatic rings. The summed E-state index contributed by atoms with van der Waals surface area (Å²) >= 11 is 0. The average molecular weight is 354 g/mol. The quantitative estimate of drug-likeness (QED) is 0.594. The van der Waals surface area contributed by atoms with Gasteiger partial charge in [-0.1, -0.05) is 23.8 Å². The molecule has 0 radical (unpaired) electrons. The molecule has 0 spiro atoms. The van der Waals surface area contributed by atoms with E-state index < -0.39 is 5.82 Å². The van der Waals surface area contributed by atoms with Crippen LogP contribution in [0.3, 0.4) is 0 Å². The number of nitrogens with one attached hydrogen (secondary N) is 1. The molecule has 0 bridgehead atoms. The highest BCUT2D eigenvalue weighted by Gasteiger charge is 2.48. The maximum Gasteiger partial charge on any atom is 0.183 e. The molecule has 0 aromatic carbocycles. The largest absolute Gasteiger partial charge is 0.364 e. The van der Waals surface area contributed by atoms with Crippen LogP contribution in [-0.2, 0) is 0 Å². The molecule has 3 atom stereocenters. The number of aliphatic imine (C=N–C) groups is 1. The molecular weight excluding hydrogens is 327 g/mol. The van der Waals surface area contributed by atoms with E-state index in [1.807, 2.05) is 26.8 Å². The van der Waals surface area contributed by atoms with Crippen LogP contribution in [0.1, 0.15) is 45.9 Å². The Morgan fingerprint density at radius 2 is 2.12 bits per heavy atom. The molecule has 0 saturated heterocycles. The Hall–Kier alpha value is -2.30. The molecule has 0 aliphatic heterocycles. The molecule has 2 aliphatic carbocycles. The number of allylic oxidation sites excluding steroid dienone is 5. The number of fused-ring (bicyclic) bond motifs is 1. The number of hydrogen-bond acceptors (Lipinski definition) is 4. The fourth-order valence-corrected chi connectivity index (χ4v) is 3.72. The van der Waals surface area contributed by atoms with Crippen molar-refractivity contribution < 1.29 is 4.39 Å². The lowest BCUT2D eigenvalue weighted by Gasteiger charge is -2.16. The van der Waals surface area contributed by atoms with Gasteiger partial charge in [-0.05, 0) is 57.9 Å². The van der Waals surface area contributed by atoms with E-state index in [0.29, 0.717) is 23.5 Å². The van der Waals surface area contributed by atoms with E-state index in [1.54, 1.807) is 13.1 Å². The van der Waals surface area contributed by atoms with Gasteiger partial charge in [0.2, 0.25) is 0 Å². The van der Waals surface area contributed by atoms with Crippen LogP contribution in [0, 0.1) is 17.7 Å². The minimum absolute atomic E-state index is 0.284. The fourth-order valence-electron chi connectivity index (χ4n) is 3.72. The molecule has 1 heterocycles. The van der Waals surface area contributed by atoms with Gasteiger partial charge < -0.3 is 5.32 Å². The van der Waals surface area contributed by atoms with E-state index in [4.69, 9.17) is 0 Å². The van der Waals surface area contributed by atoms with Gasteiger partial charge in [-0.15, -0.1) is 0 Å². The second-order valence-electron chi connectivity index (χ2n) is 7.46. The van der Waals surface area contributed by atoms with Crippen molar-refractivity contribution in [1.82, 2.24) is 9.97 Å². The first kappa shape index (κ1) is 18.5. The first-order chi connectivity index (χ1) is 12.4. The summed E-state index contributed by atoms with van der Waals surface area (Å²) in [6.45, 7) is 9.81. The summed E-state index contributed by atoms with van der Waals surface area (Å²) in [5.41, 5.74) is 3.70. The summed E-state index contributed by atoms with van der Waals surface area (Å²) < 4.78 is 14.3. The van der Waals surface area contributed by atoms with Crippen LogP contribution in [-0.4, -0.2) is 28.8 Å². The van der Waals surface area contributed by atoms with Crippen LogP contribution in [0.2, 0.25) is 0 Å². The smallest absolute Gasteiger partial charge is 0.183 e. The molecule has 26 heavy (non-hydrogen) atoms. The molecule has 2 aliphatic rings. The third-order valence-corrected chi connectivity index (χ3v) is 5.33. The molecular formula is C21H27FN4. The highest BCUT2D eigenvalue weighted by molar-refractivity contribution is 6.12. The molecule has 0 amide bonds. The van der Waals surface area contributed by atoms with Crippen molar-refractivity contribution in [3.8, 4) is 0 Å². The molecule has 2 fully saturated rings. The summed E-state index contributed by atoms with van der Waals surface area (Å²) in [4.78, 5) is 13.1. The topological polar surface area (TPSA) is 50.2 Å². The first-order valence-corrected chi connectivity index (χ1v) is 9.19. The van der Waals surface area contributed by atoms with Gasteiger partial charge in [0.1, 0.15) is 5.71 Å². The lowest BCUT2D eigenvalue weighted by atomic mass is 10.0. The molecule has 4 nitrogen and oxygen atoms in total. The van der Waals surface area contributed by atoms with E-state index in [1.165, 1.54) is 19.0 Å². The highest BCUT2D eigenvalue weighted by atomic mass is 19.1. The monoisotopic (exact) mass is 354 g/mol. The summed E-state index contributed by atoms with van der Waals surface area (Å²) in [5, 5.41) is 3.31. The maximum absolute atomic E-state index is 14.3. The summed E-state index contributed by atoms with van der Waals surface area (Å²) in [5.74, 6) is 1.81. The van der Waals surface area contributed by atoms with Gasteiger partial charge in [-0.2, -0.15) is 0 Å². The van der Waals surface area contributed by atoms with E-state index in [-0.39, 0.29) is 5.82 Å². The third kappa shape index (κ3) is 3.76. The van der Waals surface area contributed by atoms with Crippen molar-refractivity contribution >= 4 is 11.5 Å². The standard InChI is InChI=1S/C21H27FN4/c1-6-13(4)9-15(12(2)3)19(23-5)21-24-11-17(22)20(26-21)25-18-8-7-14-10-16(14)18/h6,9,11,14,16,18H,1,7-8,10H2,2-5H3,(H,24,25,26)/b13-9-,23-19?. The van der Waals surface area contributed by atoms with Crippen LogP contribution < -0.4 is 5.32 Å². The van der Waals surface area contributed by atoms with Crippen LogP contribution in [0.15, 0.2) is 46.6 Å². The molecule has 1 N–H and O–H groups in total. The Balaban J connectivity index is 1.92. The van der Waals surface area contributed by atoms with Crippen LogP contribution in [0.25, 0.3) is 0 Å². The van der Waals surface area contributed by atoms with Crippen molar-refractivity contribution in [1.29, 1.82) is 0 Å². The number of rotatable bonds is 6. The lowest BCUT2D eigenvalue weighted by Crippen LogP contribution is -2.22. The summed E-state index contributed by atoms with van der Waals surface area (Å²) in [7, 11) is 1.71. The van der Waals surface area contributed by atoms with Gasteiger partial charge in [0, 0.05) is 18.7 Å². The zero-order valence-electron chi connectivity index (χ0n) is 16.0. The zero-order chi connectivity index (χ0) is 18.8. The van der Waals surface area contributed by atoms with E-state index in [9.17, 15) is 4.39 Å². The van der Waals surface area contributed by atoms with Gasteiger partial charge >= 0.3 is 0 Å². The predicted molar refractivity (Wildman–Crippen MR) is 105 cm³/mol. The normalized spacial score (nSPS) is 24.9. The Morgan fingerprint density at radius 3 is 2.65 bits per heavy atom. The van der Waals surface area contributed by atoms with E-state index >= 15 is 0 Å². The zero-order valence-corrected chi connectivity index (χ0v) is 16.0. The van der Waals surface area contributed by atoms with Crippen LogP contribution in [0.4, 0.5) is 10.2 Å². The lowest BCUT2D eigenvalue weighted by molar-refractivity contribution is 0.598. The van der Waals surface area contributed by atoms with Crippen LogP contribution >= 0.6 is 0 Å². The Labute approximate surface area is 155 Å². The number of aromatic nitrogens is 2. The van der Waals surface area contributed by atoms with Crippen LogP contribution in [0.5, 0.6) is 0 Å². The SMILES string of the molecule is C=C/C(C)=C\C(C(=NC)c1ncc(F)c(NC2CCC3CC32)n1)=C(C)C. The number of hydrogen-bond donors (Lipinski definition) is 1. The number of nitrogens with zero attached hydrogens (tertiary/aromatic N) is 3. The average Bonchev–Trinajstić information content (AvgIpc) is 3.30. The van der Waals surface area contributed by atoms with Gasteiger partial charge in [0.15, 0.2) is 17.5 Å². The minimum Gasteiger partial charge on any atom is -0.364 e. The molecule has 138 valence electrons. The highest BCUT2D eigenvalue weighted by Crippen LogP contribution is 2.52. The molecule has 1 aromatic heterocycles. The van der Waals surface area contributed by atoms with Crippen molar-refractivity contribution in [2.24, 2.45) is 16.8 Å². The second kappa shape index (κ2) is 7.52. The Morgan fingerprint density at radius 1 is 1.35 bits per heavy atom. The number of halogens is 1. The predicted octanol–water partition coefficient (Wildman–Crippen LogP) is 4.71. The van der Waals surface area contributed by atoms with Gasteiger partial charge in [0.05, 0.1) is 6.20 Å². The first-order valence-electron chi connectivity index (χ1n) is 9.19. The molecule has 5 heteroatoms. The number of anilines is 1. The molecule has 3 rings (SSSR count). The Bertz CT molecular complexity index is 802. The van der Waals surface area contributed by atoms with E-state index in [2.05, 4.69) is 26.9 Å². The van der Waals surface area contributed by atoms with Gasteiger partial charge in [-0.3, -0.25) is 4.99 Å². The maximum atomic E-state index is 14.3. The van der Waals surface area contributed by atoms with Crippen molar-refractivity contribution in [2.45, 2.75) is 46.1 Å². The van der Waals surface area contributed by atoms with Gasteiger partial charge in [-0.25, -0.2) is 14.4 Å². The van der Waals surface area contributed by atoms with Crippen molar-refractivity contribution in [2.75, 3.05) is 12.4 Å². The fraction of sp³-hybridized carbons (Fsp3) is 0.476. The van der Waals surface area contributed by atoms with E-state index in [0.717, 1.165) is 29.1 Å². The molecule has 3 unspecified atom stereocenters. The minimum atomic E-state index is -0.412. The van der Waals surface area contributed by atoms with Crippen molar-refractivity contribution in [3.63, 3.8) is 0 Å².